The number of nitrogens with zero attached hydrogens (tertiary/aromatic N) is 2. The molecule has 4 heteroatoms. The molecule has 3 aromatic carbocycles. The second kappa shape index (κ2) is 7.92. The lowest BCUT2D eigenvalue weighted by Crippen LogP contribution is -2.04. The Morgan fingerprint density at radius 2 is 1.61 bits per heavy atom. The van der Waals surface area contributed by atoms with Crippen molar-refractivity contribution in [2.75, 3.05) is 6.61 Å². The molecule has 0 aliphatic carbocycles. The van der Waals surface area contributed by atoms with Crippen LogP contribution in [-0.2, 0) is 0 Å². The number of hydrogen-bond donors (Lipinski definition) is 0. The Bertz CT molecular complexity index is 1180. The van der Waals surface area contributed by atoms with E-state index in [-0.39, 0.29) is 5.43 Å². The van der Waals surface area contributed by atoms with Crippen LogP contribution in [0.2, 0.25) is 0 Å². The average molecular weight is 368 g/mol. The molecule has 0 fully saturated rings. The van der Waals surface area contributed by atoms with Crippen molar-refractivity contribution in [2.45, 2.75) is 6.92 Å². The van der Waals surface area contributed by atoms with Crippen LogP contribution in [-0.4, -0.2) is 16.4 Å². The summed E-state index contributed by atoms with van der Waals surface area (Å²) in [5.41, 5.74) is 3.16. The van der Waals surface area contributed by atoms with Crippen molar-refractivity contribution in [2.24, 2.45) is 0 Å². The standard InChI is InChI=1S/C24H20N2O2/c1-2-28-20-15-12-18(13-16-20)14-17-22-21-10-6-7-11-23(27)24(21)26(25-22)19-8-4-3-5-9-19/h3-17H,2H2,1H3/b17-14+. The maximum atomic E-state index is 12.7. The Hall–Kier alpha value is -3.66. The third kappa shape index (κ3) is 3.58. The molecule has 0 aliphatic rings. The molecule has 4 nitrogen and oxygen atoms in total. The second-order valence-electron chi connectivity index (χ2n) is 6.31. The Morgan fingerprint density at radius 3 is 2.36 bits per heavy atom. The zero-order valence-corrected chi connectivity index (χ0v) is 15.6. The first-order valence-corrected chi connectivity index (χ1v) is 9.24. The van der Waals surface area contributed by atoms with E-state index in [9.17, 15) is 4.79 Å². The van der Waals surface area contributed by atoms with Gasteiger partial charge >= 0.3 is 0 Å². The number of para-hydroxylation sites is 1. The van der Waals surface area contributed by atoms with Gasteiger partial charge in [0.05, 0.1) is 18.0 Å². The molecule has 4 aromatic rings. The highest BCUT2D eigenvalue weighted by Gasteiger charge is 2.11. The van der Waals surface area contributed by atoms with Gasteiger partial charge in [0.1, 0.15) is 11.3 Å². The normalized spacial score (nSPS) is 11.2. The summed E-state index contributed by atoms with van der Waals surface area (Å²) in [6.45, 7) is 2.61. The summed E-state index contributed by atoms with van der Waals surface area (Å²) in [7, 11) is 0. The molecule has 0 N–H and O–H groups in total. The molecule has 1 aromatic heterocycles. The summed E-state index contributed by atoms with van der Waals surface area (Å²) in [5.74, 6) is 0.849. The lowest BCUT2D eigenvalue weighted by molar-refractivity contribution is 0.340. The maximum Gasteiger partial charge on any atom is 0.204 e. The molecule has 1 heterocycles. The van der Waals surface area contributed by atoms with E-state index in [1.165, 1.54) is 0 Å². The predicted molar refractivity (Wildman–Crippen MR) is 114 cm³/mol. The summed E-state index contributed by atoms with van der Waals surface area (Å²) in [6.07, 6.45) is 3.93. The van der Waals surface area contributed by atoms with Crippen molar-refractivity contribution in [1.82, 2.24) is 9.78 Å². The highest BCUT2D eigenvalue weighted by molar-refractivity contribution is 5.90. The van der Waals surface area contributed by atoms with E-state index < -0.39 is 0 Å². The second-order valence-corrected chi connectivity index (χ2v) is 6.31. The smallest absolute Gasteiger partial charge is 0.204 e. The van der Waals surface area contributed by atoms with Crippen molar-refractivity contribution in [1.29, 1.82) is 0 Å². The van der Waals surface area contributed by atoms with Crippen LogP contribution in [0.15, 0.2) is 83.7 Å². The lowest BCUT2D eigenvalue weighted by atomic mass is 10.1. The summed E-state index contributed by atoms with van der Waals surface area (Å²) < 4.78 is 7.20. The number of ether oxygens (including phenoxy) is 1. The van der Waals surface area contributed by atoms with Crippen molar-refractivity contribution < 1.29 is 4.74 Å². The molecule has 0 aliphatic heterocycles. The molecule has 138 valence electrons. The highest BCUT2D eigenvalue weighted by atomic mass is 16.5. The number of rotatable bonds is 5. The van der Waals surface area contributed by atoms with E-state index in [1.54, 1.807) is 16.8 Å². The van der Waals surface area contributed by atoms with E-state index in [0.29, 0.717) is 12.1 Å². The average Bonchev–Trinajstić information content (AvgIpc) is 2.99. The molecule has 0 bridgehead atoms. The fraction of sp³-hybridized carbons (Fsp3) is 0.0833. The third-order valence-corrected chi connectivity index (χ3v) is 4.43. The van der Waals surface area contributed by atoms with Gasteiger partial charge in [0.15, 0.2) is 0 Å². The minimum Gasteiger partial charge on any atom is -0.494 e. The van der Waals surface area contributed by atoms with E-state index in [4.69, 9.17) is 9.84 Å². The van der Waals surface area contributed by atoms with Gasteiger partial charge in [0.2, 0.25) is 5.43 Å². The molecule has 0 saturated carbocycles. The molecule has 4 rings (SSSR count). The van der Waals surface area contributed by atoms with E-state index >= 15 is 0 Å². The van der Waals surface area contributed by atoms with Crippen LogP contribution in [0.5, 0.6) is 5.75 Å². The topological polar surface area (TPSA) is 44.1 Å². The number of hydrogen-bond acceptors (Lipinski definition) is 3. The summed E-state index contributed by atoms with van der Waals surface area (Å²) in [4.78, 5) is 12.7. The van der Waals surface area contributed by atoms with Crippen LogP contribution in [0, 0.1) is 0 Å². The van der Waals surface area contributed by atoms with Gasteiger partial charge in [-0.05, 0) is 48.9 Å². The molecule has 0 saturated heterocycles. The highest BCUT2D eigenvalue weighted by Crippen LogP contribution is 2.21. The van der Waals surface area contributed by atoms with Crippen LogP contribution in [0.1, 0.15) is 18.2 Å². The molecule has 0 atom stereocenters. The summed E-state index contributed by atoms with van der Waals surface area (Å²) in [5, 5.41) is 5.54. The van der Waals surface area contributed by atoms with Gasteiger partial charge in [-0.25, -0.2) is 4.68 Å². The fourth-order valence-electron chi connectivity index (χ4n) is 3.12. The first-order valence-electron chi connectivity index (χ1n) is 9.24. The van der Waals surface area contributed by atoms with Crippen LogP contribution in [0.25, 0.3) is 28.7 Å². The van der Waals surface area contributed by atoms with Gasteiger partial charge in [-0.1, -0.05) is 54.6 Å². The largest absolute Gasteiger partial charge is 0.494 e. The van der Waals surface area contributed by atoms with Gasteiger partial charge in [-0.3, -0.25) is 4.79 Å². The Morgan fingerprint density at radius 1 is 0.893 bits per heavy atom. The Balaban J connectivity index is 1.80. The van der Waals surface area contributed by atoms with E-state index in [0.717, 1.165) is 28.1 Å². The molecule has 0 spiro atoms. The monoisotopic (exact) mass is 368 g/mol. The van der Waals surface area contributed by atoms with Crippen molar-refractivity contribution >= 4 is 23.1 Å². The van der Waals surface area contributed by atoms with Gasteiger partial charge in [-0.15, -0.1) is 0 Å². The maximum absolute atomic E-state index is 12.7. The van der Waals surface area contributed by atoms with Crippen molar-refractivity contribution in [3.63, 3.8) is 0 Å². The first kappa shape index (κ1) is 17.7. The van der Waals surface area contributed by atoms with Gasteiger partial charge in [-0.2, -0.15) is 5.10 Å². The molecule has 0 amide bonds. The number of aromatic nitrogens is 2. The third-order valence-electron chi connectivity index (χ3n) is 4.43. The summed E-state index contributed by atoms with van der Waals surface area (Å²) in [6, 6.07) is 24.7. The van der Waals surface area contributed by atoms with Crippen LogP contribution >= 0.6 is 0 Å². The van der Waals surface area contributed by atoms with Crippen molar-refractivity contribution in [3.8, 4) is 11.4 Å². The Labute approximate surface area is 163 Å². The van der Waals surface area contributed by atoms with Crippen molar-refractivity contribution in [3.05, 3.63) is 100 Å². The zero-order chi connectivity index (χ0) is 19.3. The van der Waals surface area contributed by atoms with Gasteiger partial charge in [0.25, 0.3) is 0 Å². The minimum atomic E-state index is -0.0583. The SMILES string of the molecule is CCOc1ccc(/C=C/c2nn(-c3ccccc3)c3c(=O)ccccc23)cc1. The molecule has 28 heavy (non-hydrogen) atoms. The molecular formula is C24H20N2O2. The van der Waals surface area contributed by atoms with Gasteiger partial charge in [0, 0.05) is 5.39 Å². The van der Waals surface area contributed by atoms with Crippen LogP contribution in [0.4, 0.5) is 0 Å². The van der Waals surface area contributed by atoms with E-state index in [1.807, 2.05) is 85.8 Å². The Kier molecular flexibility index (Phi) is 5.02. The predicted octanol–water partition coefficient (Wildman–Crippen LogP) is 4.95. The number of benzene rings is 2. The quantitative estimate of drug-likeness (QED) is 0.500. The van der Waals surface area contributed by atoms with Crippen LogP contribution < -0.4 is 10.2 Å². The molecule has 0 unspecified atom stereocenters. The number of fused-ring (bicyclic) bond motifs is 1. The van der Waals surface area contributed by atoms with E-state index in [2.05, 4.69) is 0 Å². The first-order chi connectivity index (χ1) is 13.8. The fourth-order valence-corrected chi connectivity index (χ4v) is 3.12. The molecule has 0 radical (unpaired) electrons. The zero-order valence-electron chi connectivity index (χ0n) is 15.6. The van der Waals surface area contributed by atoms with Crippen LogP contribution in [0.3, 0.4) is 0 Å². The summed E-state index contributed by atoms with van der Waals surface area (Å²) >= 11 is 0. The lowest BCUT2D eigenvalue weighted by Gasteiger charge is -2.02. The molecular weight excluding hydrogens is 348 g/mol. The minimum absolute atomic E-state index is 0.0583. The van der Waals surface area contributed by atoms with Gasteiger partial charge < -0.3 is 4.74 Å².